The molecule has 14 heavy (non-hydrogen) atoms. The summed E-state index contributed by atoms with van der Waals surface area (Å²) >= 11 is 7.18. The quantitative estimate of drug-likeness (QED) is 0.784. The molecule has 5 heteroatoms. The van der Waals surface area contributed by atoms with E-state index < -0.39 is 0 Å². The van der Waals surface area contributed by atoms with E-state index in [1.807, 2.05) is 0 Å². The van der Waals surface area contributed by atoms with Crippen molar-refractivity contribution in [1.29, 1.82) is 0 Å². The molecular formula is C9H14ClN3S. The van der Waals surface area contributed by atoms with Crippen LogP contribution in [0.25, 0.3) is 0 Å². The Kier molecular flexibility index (Phi) is 2.93. The molecule has 0 amide bonds. The van der Waals surface area contributed by atoms with E-state index in [2.05, 4.69) is 27.5 Å². The van der Waals surface area contributed by atoms with Gasteiger partial charge in [-0.1, -0.05) is 25.4 Å². The fraction of sp³-hybridized carbons (Fsp3) is 0.778. The lowest BCUT2D eigenvalue weighted by Crippen LogP contribution is -2.33. The number of rotatable bonds is 2. The molecule has 1 aliphatic rings. The van der Waals surface area contributed by atoms with Gasteiger partial charge in [0.15, 0.2) is 11.0 Å². The molecule has 0 radical (unpaired) electrons. The molecule has 1 aliphatic heterocycles. The van der Waals surface area contributed by atoms with Crippen molar-refractivity contribution in [3.05, 3.63) is 5.15 Å². The molecular weight excluding hydrogens is 218 g/mol. The SMILES string of the molecule is CC(C)C1CCCN1c1nsnc1Cl. The maximum Gasteiger partial charge on any atom is 0.187 e. The first-order valence-corrected chi connectivity index (χ1v) is 6.05. The van der Waals surface area contributed by atoms with E-state index in [9.17, 15) is 0 Å². The standard InChI is InChI=1S/C9H14ClN3S/c1-6(2)7-4-3-5-13(7)9-8(10)11-14-12-9/h6-7H,3-5H2,1-2H3. The first-order valence-electron chi connectivity index (χ1n) is 4.95. The van der Waals surface area contributed by atoms with E-state index in [-0.39, 0.29) is 0 Å². The summed E-state index contributed by atoms with van der Waals surface area (Å²) in [6, 6.07) is 0.580. The highest BCUT2D eigenvalue weighted by molar-refractivity contribution is 6.99. The maximum absolute atomic E-state index is 5.98. The molecule has 78 valence electrons. The number of anilines is 1. The molecule has 1 unspecified atom stereocenters. The molecule has 0 aromatic carbocycles. The summed E-state index contributed by atoms with van der Waals surface area (Å²) in [5, 5.41) is 0.558. The van der Waals surface area contributed by atoms with Crippen LogP contribution in [-0.4, -0.2) is 21.3 Å². The van der Waals surface area contributed by atoms with Gasteiger partial charge in [-0.25, -0.2) is 0 Å². The van der Waals surface area contributed by atoms with Crippen molar-refractivity contribution in [2.75, 3.05) is 11.4 Å². The zero-order valence-corrected chi connectivity index (χ0v) is 9.98. The topological polar surface area (TPSA) is 29.0 Å². The van der Waals surface area contributed by atoms with Crippen LogP contribution < -0.4 is 4.90 Å². The summed E-state index contributed by atoms with van der Waals surface area (Å²) in [6.07, 6.45) is 2.47. The number of aromatic nitrogens is 2. The third kappa shape index (κ3) is 1.73. The van der Waals surface area contributed by atoms with Crippen LogP contribution in [0.1, 0.15) is 26.7 Å². The van der Waals surface area contributed by atoms with Gasteiger partial charge in [0.05, 0.1) is 11.7 Å². The molecule has 0 N–H and O–H groups in total. The van der Waals surface area contributed by atoms with Gasteiger partial charge in [0.25, 0.3) is 0 Å². The lowest BCUT2D eigenvalue weighted by molar-refractivity contribution is 0.490. The van der Waals surface area contributed by atoms with Crippen molar-refractivity contribution >= 4 is 29.1 Å². The molecule has 2 heterocycles. The van der Waals surface area contributed by atoms with Gasteiger partial charge in [-0.05, 0) is 18.8 Å². The normalized spacial score (nSPS) is 22.3. The van der Waals surface area contributed by atoms with E-state index in [1.54, 1.807) is 0 Å². The van der Waals surface area contributed by atoms with Crippen LogP contribution in [0.2, 0.25) is 5.15 Å². The Morgan fingerprint density at radius 1 is 1.50 bits per heavy atom. The highest BCUT2D eigenvalue weighted by atomic mass is 35.5. The second-order valence-corrected chi connectivity index (χ2v) is 4.91. The first kappa shape index (κ1) is 10.2. The van der Waals surface area contributed by atoms with Crippen molar-refractivity contribution in [3.63, 3.8) is 0 Å². The molecule has 0 aliphatic carbocycles. The number of hydrogen-bond acceptors (Lipinski definition) is 4. The smallest absolute Gasteiger partial charge is 0.187 e. The lowest BCUT2D eigenvalue weighted by atomic mass is 10.0. The van der Waals surface area contributed by atoms with Crippen LogP contribution in [0.15, 0.2) is 0 Å². The molecule has 1 fully saturated rings. The first-order chi connectivity index (χ1) is 6.70. The molecule has 1 aromatic rings. The fourth-order valence-corrected chi connectivity index (χ4v) is 2.85. The molecule has 1 aromatic heterocycles. The summed E-state index contributed by atoms with van der Waals surface area (Å²) in [5.74, 6) is 1.53. The summed E-state index contributed by atoms with van der Waals surface area (Å²) < 4.78 is 8.26. The molecule has 2 rings (SSSR count). The van der Waals surface area contributed by atoms with Crippen molar-refractivity contribution in [1.82, 2.24) is 8.75 Å². The van der Waals surface area contributed by atoms with Gasteiger partial charge in [-0.3, -0.25) is 0 Å². The van der Waals surface area contributed by atoms with Gasteiger partial charge in [0.1, 0.15) is 0 Å². The van der Waals surface area contributed by atoms with Crippen LogP contribution in [0.5, 0.6) is 0 Å². The minimum Gasteiger partial charge on any atom is -0.350 e. The molecule has 0 spiro atoms. The van der Waals surface area contributed by atoms with Crippen molar-refractivity contribution in [2.24, 2.45) is 5.92 Å². The molecule has 1 atom stereocenters. The van der Waals surface area contributed by atoms with Crippen molar-refractivity contribution in [2.45, 2.75) is 32.7 Å². The van der Waals surface area contributed by atoms with Crippen LogP contribution in [-0.2, 0) is 0 Å². The Morgan fingerprint density at radius 3 is 2.86 bits per heavy atom. The van der Waals surface area contributed by atoms with E-state index in [0.717, 1.165) is 12.4 Å². The predicted molar refractivity (Wildman–Crippen MR) is 60.1 cm³/mol. The number of hydrogen-bond donors (Lipinski definition) is 0. The van der Waals surface area contributed by atoms with Crippen LogP contribution >= 0.6 is 23.3 Å². The van der Waals surface area contributed by atoms with E-state index in [1.165, 1.54) is 24.6 Å². The van der Waals surface area contributed by atoms with Crippen LogP contribution in [0.4, 0.5) is 5.82 Å². The lowest BCUT2D eigenvalue weighted by Gasteiger charge is -2.27. The highest BCUT2D eigenvalue weighted by Gasteiger charge is 2.30. The van der Waals surface area contributed by atoms with Crippen LogP contribution in [0, 0.1) is 5.92 Å². The fourth-order valence-electron chi connectivity index (χ4n) is 2.09. The third-order valence-electron chi connectivity index (χ3n) is 2.77. The van der Waals surface area contributed by atoms with Gasteiger partial charge >= 0.3 is 0 Å². The zero-order valence-electron chi connectivity index (χ0n) is 8.40. The average molecular weight is 232 g/mol. The average Bonchev–Trinajstić information content (AvgIpc) is 2.70. The van der Waals surface area contributed by atoms with Crippen molar-refractivity contribution < 1.29 is 0 Å². The Morgan fingerprint density at radius 2 is 2.29 bits per heavy atom. The molecule has 0 bridgehead atoms. The van der Waals surface area contributed by atoms with E-state index >= 15 is 0 Å². The zero-order chi connectivity index (χ0) is 10.1. The highest BCUT2D eigenvalue weighted by Crippen LogP contribution is 2.32. The van der Waals surface area contributed by atoms with E-state index in [4.69, 9.17) is 11.6 Å². The second-order valence-electron chi connectivity index (χ2n) is 4.03. The predicted octanol–water partition coefficient (Wildman–Crippen LogP) is 2.82. The Hall–Kier alpha value is -0.350. The summed E-state index contributed by atoms with van der Waals surface area (Å²) in [6.45, 7) is 5.56. The van der Waals surface area contributed by atoms with Gasteiger partial charge in [0, 0.05) is 12.6 Å². The van der Waals surface area contributed by atoms with Gasteiger partial charge in [-0.2, -0.15) is 8.75 Å². The largest absolute Gasteiger partial charge is 0.350 e. The Balaban J connectivity index is 2.22. The van der Waals surface area contributed by atoms with Crippen LogP contribution in [0.3, 0.4) is 0 Å². The summed E-state index contributed by atoms with van der Waals surface area (Å²) in [7, 11) is 0. The van der Waals surface area contributed by atoms with Gasteiger partial charge < -0.3 is 4.90 Å². The summed E-state index contributed by atoms with van der Waals surface area (Å²) in [5.41, 5.74) is 0. The molecule has 1 saturated heterocycles. The van der Waals surface area contributed by atoms with Gasteiger partial charge in [-0.15, -0.1) is 0 Å². The third-order valence-corrected chi connectivity index (χ3v) is 3.65. The number of halogens is 1. The van der Waals surface area contributed by atoms with Crippen molar-refractivity contribution in [3.8, 4) is 0 Å². The summed E-state index contributed by atoms with van der Waals surface area (Å²) in [4.78, 5) is 2.30. The number of nitrogens with zero attached hydrogens (tertiary/aromatic N) is 3. The Labute approximate surface area is 93.4 Å². The minimum atomic E-state index is 0.558. The molecule has 3 nitrogen and oxygen atoms in total. The molecule has 0 saturated carbocycles. The van der Waals surface area contributed by atoms with E-state index in [0.29, 0.717) is 17.1 Å². The maximum atomic E-state index is 5.98. The second kappa shape index (κ2) is 4.03. The Bertz CT molecular complexity index is 313. The van der Waals surface area contributed by atoms with Gasteiger partial charge in [0.2, 0.25) is 0 Å². The minimum absolute atomic E-state index is 0.558. The monoisotopic (exact) mass is 231 g/mol.